The molecule has 2 N–H and O–H groups in total. The minimum atomic E-state index is 0.476. The van der Waals surface area contributed by atoms with Gasteiger partial charge in [-0.25, -0.2) is 0 Å². The summed E-state index contributed by atoms with van der Waals surface area (Å²) in [6.07, 6.45) is 0.532. The number of anilines is 1. The third-order valence-electron chi connectivity index (χ3n) is 0.861. The van der Waals surface area contributed by atoms with Crippen LogP contribution in [-0.2, 0) is 0 Å². The molecule has 0 spiro atoms. The summed E-state index contributed by atoms with van der Waals surface area (Å²) in [6, 6.07) is 2.05. The second-order valence-corrected chi connectivity index (χ2v) is 4.01. The predicted molar refractivity (Wildman–Crippen MR) is 45.3 cm³/mol. The monoisotopic (exact) mass is 186 g/mol. The Hall–Kier alpha value is -0.800. The van der Waals surface area contributed by atoms with E-state index in [0.717, 1.165) is 10.1 Å². The molecular weight excluding hydrogens is 180 g/mol. The number of nitrogen functional groups attached to an aromatic ring is 1. The van der Waals surface area contributed by atoms with Gasteiger partial charge in [0, 0.05) is 12.2 Å². The van der Waals surface area contributed by atoms with Crippen molar-refractivity contribution in [1.82, 2.24) is 10.2 Å². The number of nitrogens with zero attached hydrogens (tertiary/aromatic N) is 3. The molecule has 11 heavy (non-hydrogen) atoms. The van der Waals surface area contributed by atoms with Crippen LogP contribution in [0.4, 0.5) is 5.13 Å². The third kappa shape index (κ3) is 2.74. The molecule has 1 rings (SSSR count). The maximum atomic E-state index is 8.23. The number of nitrogens with two attached hydrogens (primary N) is 1. The molecule has 0 aromatic carbocycles. The van der Waals surface area contributed by atoms with Crippen LogP contribution in [0.2, 0.25) is 0 Å². The zero-order valence-corrected chi connectivity index (χ0v) is 7.28. The topological polar surface area (TPSA) is 75.6 Å². The minimum absolute atomic E-state index is 0.476. The Bertz CT molecular complexity index is 264. The van der Waals surface area contributed by atoms with Gasteiger partial charge in [-0.15, -0.1) is 10.2 Å². The van der Waals surface area contributed by atoms with Crippen LogP contribution in [0.15, 0.2) is 4.34 Å². The lowest BCUT2D eigenvalue weighted by Crippen LogP contribution is -1.80. The Morgan fingerprint density at radius 3 is 3.00 bits per heavy atom. The summed E-state index contributed by atoms with van der Waals surface area (Å²) in [5, 5.41) is 16.1. The molecule has 0 aliphatic rings. The Kier molecular flexibility index (Phi) is 3.14. The molecule has 0 saturated carbocycles. The Labute approximate surface area is 72.4 Å². The van der Waals surface area contributed by atoms with Crippen molar-refractivity contribution in [3.05, 3.63) is 0 Å². The molecule has 58 valence electrons. The van der Waals surface area contributed by atoms with Crippen molar-refractivity contribution < 1.29 is 0 Å². The number of aromatic nitrogens is 2. The highest BCUT2D eigenvalue weighted by Crippen LogP contribution is 2.23. The normalized spacial score (nSPS) is 9.36. The molecule has 0 unspecified atom stereocenters. The summed E-state index contributed by atoms with van der Waals surface area (Å²) >= 11 is 2.86. The van der Waals surface area contributed by atoms with Crippen LogP contribution < -0.4 is 5.73 Å². The average Bonchev–Trinajstić information content (AvgIpc) is 2.37. The molecule has 0 bridgehead atoms. The van der Waals surface area contributed by atoms with Gasteiger partial charge in [-0.1, -0.05) is 23.1 Å². The Morgan fingerprint density at radius 2 is 2.45 bits per heavy atom. The Balaban J connectivity index is 2.34. The minimum Gasteiger partial charge on any atom is -0.374 e. The molecule has 0 amide bonds. The maximum absolute atomic E-state index is 8.23. The first-order chi connectivity index (χ1) is 5.33. The van der Waals surface area contributed by atoms with Gasteiger partial charge < -0.3 is 5.73 Å². The lowest BCUT2D eigenvalue weighted by Gasteiger charge is -1.86. The number of hydrogen-bond acceptors (Lipinski definition) is 6. The van der Waals surface area contributed by atoms with Crippen LogP contribution in [0, 0.1) is 11.3 Å². The summed E-state index contributed by atoms with van der Waals surface area (Å²) < 4.78 is 0.831. The number of hydrogen-bond donors (Lipinski definition) is 1. The fraction of sp³-hybridized carbons (Fsp3) is 0.400. The lowest BCUT2D eigenvalue weighted by atomic mass is 10.6. The van der Waals surface area contributed by atoms with Crippen LogP contribution in [0.5, 0.6) is 0 Å². The average molecular weight is 186 g/mol. The van der Waals surface area contributed by atoms with Crippen molar-refractivity contribution in [3.8, 4) is 6.07 Å². The van der Waals surface area contributed by atoms with Gasteiger partial charge in [0.2, 0.25) is 5.13 Å². The molecule has 0 radical (unpaired) electrons. The van der Waals surface area contributed by atoms with Crippen LogP contribution in [0.1, 0.15) is 6.42 Å². The summed E-state index contributed by atoms with van der Waals surface area (Å²) in [4.78, 5) is 0. The first kappa shape index (κ1) is 8.30. The molecular formula is C5H6N4S2. The highest BCUT2D eigenvalue weighted by molar-refractivity contribution is 8.01. The van der Waals surface area contributed by atoms with Gasteiger partial charge in [-0.2, -0.15) is 5.26 Å². The van der Waals surface area contributed by atoms with E-state index in [2.05, 4.69) is 10.2 Å². The third-order valence-corrected chi connectivity index (χ3v) is 2.75. The first-order valence-corrected chi connectivity index (χ1v) is 4.72. The molecule has 0 atom stereocenters. The van der Waals surface area contributed by atoms with E-state index in [9.17, 15) is 0 Å². The van der Waals surface area contributed by atoms with Gasteiger partial charge in [0.25, 0.3) is 0 Å². The highest BCUT2D eigenvalue weighted by Gasteiger charge is 1.99. The van der Waals surface area contributed by atoms with Gasteiger partial charge in [0.15, 0.2) is 4.34 Å². The molecule has 6 heteroatoms. The smallest absolute Gasteiger partial charge is 0.203 e. The molecule has 1 aromatic rings. The fourth-order valence-corrected chi connectivity index (χ4v) is 2.01. The van der Waals surface area contributed by atoms with E-state index in [0.29, 0.717) is 11.6 Å². The quantitative estimate of drug-likeness (QED) is 0.565. The predicted octanol–water partition coefficient (Wildman–Crippen LogP) is 1.13. The van der Waals surface area contributed by atoms with Crippen molar-refractivity contribution in [3.63, 3.8) is 0 Å². The van der Waals surface area contributed by atoms with E-state index >= 15 is 0 Å². The molecule has 4 nitrogen and oxygen atoms in total. The van der Waals surface area contributed by atoms with Crippen LogP contribution in [0.25, 0.3) is 0 Å². The lowest BCUT2D eigenvalue weighted by molar-refractivity contribution is 1.02. The zero-order valence-electron chi connectivity index (χ0n) is 5.65. The molecule has 0 saturated heterocycles. The van der Waals surface area contributed by atoms with E-state index in [4.69, 9.17) is 11.0 Å². The zero-order chi connectivity index (χ0) is 8.10. The number of thioether (sulfide) groups is 1. The van der Waals surface area contributed by atoms with Crippen molar-refractivity contribution in [2.75, 3.05) is 11.5 Å². The van der Waals surface area contributed by atoms with Gasteiger partial charge in [0.05, 0.1) is 6.07 Å². The second-order valence-electron chi connectivity index (χ2n) is 1.66. The fourth-order valence-electron chi connectivity index (χ4n) is 0.463. The molecule has 1 heterocycles. The van der Waals surface area contributed by atoms with Crippen LogP contribution in [0.3, 0.4) is 0 Å². The van der Waals surface area contributed by atoms with Gasteiger partial charge >= 0.3 is 0 Å². The van der Waals surface area contributed by atoms with Crippen molar-refractivity contribution in [1.29, 1.82) is 5.26 Å². The van der Waals surface area contributed by atoms with Crippen molar-refractivity contribution in [2.24, 2.45) is 0 Å². The van der Waals surface area contributed by atoms with E-state index in [1.54, 1.807) is 0 Å². The van der Waals surface area contributed by atoms with Gasteiger partial charge in [-0.3, -0.25) is 0 Å². The summed E-state index contributed by atoms with van der Waals surface area (Å²) in [6.45, 7) is 0. The number of nitriles is 1. The molecule has 0 aliphatic carbocycles. The molecule has 0 fully saturated rings. The van der Waals surface area contributed by atoms with Gasteiger partial charge in [0.1, 0.15) is 0 Å². The van der Waals surface area contributed by atoms with Crippen molar-refractivity contribution >= 4 is 28.2 Å². The Morgan fingerprint density at radius 1 is 1.64 bits per heavy atom. The second kappa shape index (κ2) is 4.16. The van der Waals surface area contributed by atoms with Crippen molar-refractivity contribution in [2.45, 2.75) is 10.8 Å². The van der Waals surface area contributed by atoms with E-state index < -0.39 is 0 Å². The maximum Gasteiger partial charge on any atom is 0.203 e. The largest absolute Gasteiger partial charge is 0.374 e. The molecule has 1 aromatic heterocycles. The van der Waals surface area contributed by atoms with Crippen LogP contribution in [-0.4, -0.2) is 16.0 Å². The highest BCUT2D eigenvalue weighted by atomic mass is 32.2. The van der Waals surface area contributed by atoms with E-state index in [1.165, 1.54) is 23.1 Å². The van der Waals surface area contributed by atoms with Gasteiger partial charge in [-0.05, 0) is 0 Å². The first-order valence-electron chi connectivity index (χ1n) is 2.91. The molecule has 0 aliphatic heterocycles. The number of rotatable bonds is 3. The summed E-state index contributed by atoms with van der Waals surface area (Å²) in [5.41, 5.74) is 5.35. The van der Waals surface area contributed by atoms with E-state index in [-0.39, 0.29) is 0 Å². The summed E-state index contributed by atoms with van der Waals surface area (Å²) in [7, 11) is 0. The van der Waals surface area contributed by atoms with E-state index in [1.807, 2.05) is 6.07 Å². The van der Waals surface area contributed by atoms with Crippen LogP contribution >= 0.6 is 23.1 Å². The standard InChI is InChI=1S/C5H6N4S2/c6-2-1-3-10-5-9-8-4(7)11-5/h1,3H2,(H2,7,8). The SMILES string of the molecule is N#CCCSc1nnc(N)s1. The summed E-state index contributed by atoms with van der Waals surface area (Å²) in [5.74, 6) is 0.755.